The molecule has 1 aromatic rings. The van der Waals surface area contributed by atoms with Gasteiger partial charge in [-0.3, -0.25) is 9.59 Å². The standard InChI is InChI=1S/C13H21N3O4S2/c1-9(17)14-10(11-6-5-7-21-11)8-12(18)15-22(19,20)16-13(2,3)4/h5-7,10,16H,8H2,1-4H3,(H,14,17)(H,15,18). The molecule has 1 atom stereocenters. The van der Waals surface area contributed by atoms with E-state index in [0.717, 1.165) is 4.88 Å². The van der Waals surface area contributed by atoms with E-state index in [1.165, 1.54) is 18.3 Å². The third-order valence-corrected chi connectivity index (χ3v) is 4.71. The second-order valence-electron chi connectivity index (χ2n) is 5.85. The van der Waals surface area contributed by atoms with E-state index in [1.807, 2.05) is 10.1 Å². The van der Waals surface area contributed by atoms with Crippen molar-refractivity contribution in [1.29, 1.82) is 0 Å². The van der Waals surface area contributed by atoms with E-state index in [9.17, 15) is 18.0 Å². The van der Waals surface area contributed by atoms with Gasteiger partial charge in [0.25, 0.3) is 0 Å². The Labute approximate surface area is 134 Å². The van der Waals surface area contributed by atoms with Crippen LogP contribution in [0.2, 0.25) is 0 Å². The molecular formula is C13H21N3O4S2. The molecule has 1 rings (SSSR count). The van der Waals surface area contributed by atoms with Gasteiger partial charge < -0.3 is 5.32 Å². The fourth-order valence-electron chi connectivity index (χ4n) is 1.76. The van der Waals surface area contributed by atoms with Crippen LogP contribution in [0.5, 0.6) is 0 Å². The Morgan fingerprint density at radius 2 is 1.95 bits per heavy atom. The Balaban J connectivity index is 2.74. The fraction of sp³-hybridized carbons (Fsp3) is 0.538. The van der Waals surface area contributed by atoms with E-state index < -0.39 is 27.7 Å². The van der Waals surface area contributed by atoms with E-state index in [4.69, 9.17) is 0 Å². The summed E-state index contributed by atoms with van der Waals surface area (Å²) >= 11 is 1.38. The molecule has 22 heavy (non-hydrogen) atoms. The summed E-state index contributed by atoms with van der Waals surface area (Å²) in [6.45, 7) is 6.35. The Hall–Kier alpha value is -1.45. The largest absolute Gasteiger partial charge is 0.348 e. The van der Waals surface area contributed by atoms with Crippen LogP contribution in [0.3, 0.4) is 0 Å². The van der Waals surface area contributed by atoms with Crippen molar-refractivity contribution >= 4 is 33.4 Å². The highest BCUT2D eigenvalue weighted by Gasteiger charge is 2.24. The van der Waals surface area contributed by atoms with Gasteiger partial charge in [-0.2, -0.15) is 13.1 Å². The number of amides is 2. The highest BCUT2D eigenvalue weighted by atomic mass is 32.2. The number of rotatable bonds is 6. The number of carbonyl (C=O) groups is 2. The first kappa shape index (κ1) is 18.6. The van der Waals surface area contributed by atoms with Crippen molar-refractivity contribution < 1.29 is 18.0 Å². The van der Waals surface area contributed by atoms with Crippen molar-refractivity contribution in [2.45, 2.75) is 45.7 Å². The summed E-state index contributed by atoms with van der Waals surface area (Å²) in [7, 11) is -3.94. The average molecular weight is 347 g/mol. The predicted octanol–water partition coefficient (Wildman–Crippen LogP) is 1.06. The Morgan fingerprint density at radius 3 is 2.41 bits per heavy atom. The predicted molar refractivity (Wildman–Crippen MR) is 85.4 cm³/mol. The molecule has 1 unspecified atom stereocenters. The molecule has 7 nitrogen and oxygen atoms in total. The first-order chi connectivity index (χ1) is 9.98. The van der Waals surface area contributed by atoms with Gasteiger partial charge in [-0.25, -0.2) is 4.72 Å². The molecule has 0 radical (unpaired) electrons. The molecule has 1 heterocycles. The third-order valence-electron chi connectivity index (χ3n) is 2.34. The maximum Gasteiger partial charge on any atom is 0.301 e. The molecule has 0 fully saturated rings. The SMILES string of the molecule is CC(=O)NC(CC(=O)NS(=O)(=O)NC(C)(C)C)c1cccs1. The molecule has 0 saturated carbocycles. The van der Waals surface area contributed by atoms with Crippen molar-refractivity contribution in [3.05, 3.63) is 22.4 Å². The molecule has 0 aliphatic rings. The normalized spacial score (nSPS) is 13.5. The minimum Gasteiger partial charge on any atom is -0.348 e. The monoisotopic (exact) mass is 347 g/mol. The molecule has 124 valence electrons. The van der Waals surface area contributed by atoms with E-state index in [0.29, 0.717) is 0 Å². The lowest BCUT2D eigenvalue weighted by Crippen LogP contribution is -2.49. The molecule has 2 amide bonds. The number of hydrogen-bond acceptors (Lipinski definition) is 5. The van der Waals surface area contributed by atoms with E-state index in [-0.39, 0.29) is 12.3 Å². The molecule has 0 spiro atoms. The van der Waals surface area contributed by atoms with Gasteiger partial charge in [0, 0.05) is 17.3 Å². The van der Waals surface area contributed by atoms with Crippen molar-refractivity contribution in [3.8, 4) is 0 Å². The highest BCUT2D eigenvalue weighted by molar-refractivity contribution is 7.88. The van der Waals surface area contributed by atoms with Crippen LogP contribution < -0.4 is 14.8 Å². The zero-order chi connectivity index (χ0) is 17.0. The van der Waals surface area contributed by atoms with Crippen LogP contribution in [0.15, 0.2) is 17.5 Å². The Bertz CT molecular complexity index is 618. The van der Waals surface area contributed by atoms with Gasteiger partial charge in [0.2, 0.25) is 11.8 Å². The van der Waals surface area contributed by atoms with Crippen LogP contribution in [0.1, 0.15) is 45.0 Å². The summed E-state index contributed by atoms with van der Waals surface area (Å²) in [5, 5.41) is 4.46. The Kier molecular flexibility index (Phi) is 6.09. The Morgan fingerprint density at radius 1 is 1.32 bits per heavy atom. The van der Waals surface area contributed by atoms with Crippen LogP contribution >= 0.6 is 11.3 Å². The zero-order valence-electron chi connectivity index (χ0n) is 13.0. The molecule has 0 aromatic carbocycles. The molecule has 0 bridgehead atoms. The highest BCUT2D eigenvalue weighted by Crippen LogP contribution is 2.22. The van der Waals surface area contributed by atoms with Gasteiger partial charge >= 0.3 is 10.2 Å². The second kappa shape index (κ2) is 7.21. The first-order valence-electron chi connectivity index (χ1n) is 6.63. The van der Waals surface area contributed by atoms with E-state index in [1.54, 1.807) is 32.9 Å². The average Bonchev–Trinajstić information content (AvgIpc) is 2.75. The summed E-state index contributed by atoms with van der Waals surface area (Å²) in [4.78, 5) is 24.0. The summed E-state index contributed by atoms with van der Waals surface area (Å²) in [5.41, 5.74) is -0.698. The topological polar surface area (TPSA) is 104 Å². The van der Waals surface area contributed by atoms with E-state index >= 15 is 0 Å². The van der Waals surface area contributed by atoms with Crippen LogP contribution in [0, 0.1) is 0 Å². The van der Waals surface area contributed by atoms with Crippen LogP contribution in [-0.2, 0) is 19.8 Å². The van der Waals surface area contributed by atoms with Crippen molar-refractivity contribution in [3.63, 3.8) is 0 Å². The lowest BCUT2D eigenvalue weighted by molar-refractivity contribution is -0.121. The smallest absolute Gasteiger partial charge is 0.301 e. The van der Waals surface area contributed by atoms with E-state index in [2.05, 4.69) is 10.0 Å². The van der Waals surface area contributed by atoms with Crippen molar-refractivity contribution in [2.24, 2.45) is 0 Å². The molecular weight excluding hydrogens is 326 g/mol. The molecule has 9 heteroatoms. The first-order valence-corrected chi connectivity index (χ1v) is 9.00. The second-order valence-corrected chi connectivity index (χ2v) is 8.25. The van der Waals surface area contributed by atoms with Crippen molar-refractivity contribution in [2.75, 3.05) is 0 Å². The van der Waals surface area contributed by atoms with Crippen molar-refractivity contribution in [1.82, 2.24) is 14.8 Å². The van der Waals surface area contributed by atoms with Gasteiger partial charge in [0.05, 0.1) is 12.5 Å². The lowest BCUT2D eigenvalue weighted by Gasteiger charge is -2.21. The summed E-state index contributed by atoms with van der Waals surface area (Å²) < 4.78 is 27.9. The van der Waals surface area contributed by atoms with Gasteiger partial charge in [0.15, 0.2) is 0 Å². The number of hydrogen-bond donors (Lipinski definition) is 3. The quantitative estimate of drug-likeness (QED) is 0.716. The summed E-state index contributed by atoms with van der Waals surface area (Å²) in [6.07, 6.45) is -0.162. The minimum atomic E-state index is -3.94. The minimum absolute atomic E-state index is 0.162. The maximum absolute atomic E-state index is 12.0. The maximum atomic E-state index is 12.0. The summed E-state index contributed by atoms with van der Waals surface area (Å²) in [6, 6.07) is 3.02. The van der Waals surface area contributed by atoms with Gasteiger partial charge in [-0.05, 0) is 32.2 Å². The molecule has 3 N–H and O–H groups in total. The number of carbonyl (C=O) groups excluding carboxylic acids is 2. The molecule has 0 saturated heterocycles. The van der Waals surface area contributed by atoms with Gasteiger partial charge in [0.1, 0.15) is 0 Å². The number of nitrogens with one attached hydrogen (secondary N) is 3. The number of thiophene rings is 1. The van der Waals surface area contributed by atoms with Gasteiger partial charge in [-0.15, -0.1) is 11.3 Å². The molecule has 0 aliphatic carbocycles. The third kappa shape index (κ3) is 7.01. The van der Waals surface area contributed by atoms with Crippen LogP contribution in [0.25, 0.3) is 0 Å². The van der Waals surface area contributed by atoms with Gasteiger partial charge in [-0.1, -0.05) is 6.07 Å². The zero-order valence-corrected chi connectivity index (χ0v) is 14.6. The summed E-state index contributed by atoms with van der Waals surface area (Å²) in [5.74, 6) is -0.981. The van der Waals surface area contributed by atoms with Crippen LogP contribution in [-0.4, -0.2) is 25.8 Å². The lowest BCUT2D eigenvalue weighted by atomic mass is 10.1. The fourth-order valence-corrected chi connectivity index (χ4v) is 3.78. The van der Waals surface area contributed by atoms with Crippen LogP contribution in [0.4, 0.5) is 0 Å². The molecule has 1 aromatic heterocycles. The molecule has 0 aliphatic heterocycles.